The summed E-state index contributed by atoms with van der Waals surface area (Å²) < 4.78 is 5.02. The molecule has 27 heavy (non-hydrogen) atoms. The van der Waals surface area contributed by atoms with Crippen molar-refractivity contribution in [3.8, 4) is 0 Å². The standard InChI is InChI=1S/C18H21N3O5S/c1-18(11-26-2,10-15(22)23)21-16(24)13-8-9-14(27-13)20-17(25)19-12-6-4-3-5-7-12/h3-9H,10-11H2,1-2H3,(H,21,24)(H,22,23)(H2,19,20,25). The highest BCUT2D eigenvalue weighted by molar-refractivity contribution is 7.18. The number of carbonyl (C=O) groups is 3. The zero-order chi connectivity index (χ0) is 19.9. The third-order valence-corrected chi connectivity index (χ3v) is 4.52. The van der Waals surface area contributed by atoms with Crippen molar-refractivity contribution in [1.29, 1.82) is 0 Å². The maximum atomic E-state index is 12.4. The van der Waals surface area contributed by atoms with Crippen LogP contribution in [0.1, 0.15) is 23.0 Å². The van der Waals surface area contributed by atoms with E-state index in [2.05, 4.69) is 16.0 Å². The summed E-state index contributed by atoms with van der Waals surface area (Å²) in [5.41, 5.74) is -0.395. The van der Waals surface area contributed by atoms with E-state index < -0.39 is 23.4 Å². The molecule has 0 radical (unpaired) electrons. The van der Waals surface area contributed by atoms with Gasteiger partial charge >= 0.3 is 12.0 Å². The molecule has 1 aromatic carbocycles. The third kappa shape index (κ3) is 6.39. The largest absolute Gasteiger partial charge is 0.481 e. The number of ether oxygens (including phenoxy) is 1. The van der Waals surface area contributed by atoms with E-state index in [9.17, 15) is 14.4 Å². The van der Waals surface area contributed by atoms with Gasteiger partial charge in [0.05, 0.1) is 28.4 Å². The molecule has 0 aliphatic heterocycles. The minimum atomic E-state index is -1.04. The van der Waals surface area contributed by atoms with Gasteiger partial charge in [-0.25, -0.2) is 4.79 Å². The molecule has 144 valence electrons. The predicted molar refractivity (Wildman–Crippen MR) is 103 cm³/mol. The number of benzene rings is 1. The number of nitrogens with one attached hydrogen (secondary N) is 3. The molecule has 0 spiro atoms. The third-order valence-electron chi connectivity index (χ3n) is 3.52. The Kier molecular flexibility index (Phi) is 6.91. The second-order valence-corrected chi connectivity index (χ2v) is 7.21. The number of carboxylic acids is 1. The van der Waals surface area contributed by atoms with Gasteiger partial charge in [0.1, 0.15) is 0 Å². The van der Waals surface area contributed by atoms with Crippen LogP contribution in [0.4, 0.5) is 15.5 Å². The van der Waals surface area contributed by atoms with Crippen molar-refractivity contribution in [2.24, 2.45) is 0 Å². The van der Waals surface area contributed by atoms with Crippen LogP contribution in [0.15, 0.2) is 42.5 Å². The molecule has 0 aliphatic rings. The quantitative estimate of drug-likeness (QED) is 0.552. The maximum Gasteiger partial charge on any atom is 0.324 e. The lowest BCUT2D eigenvalue weighted by Gasteiger charge is -2.28. The van der Waals surface area contributed by atoms with Crippen molar-refractivity contribution in [2.75, 3.05) is 24.4 Å². The molecule has 0 saturated carbocycles. The normalized spacial score (nSPS) is 12.7. The fraction of sp³-hybridized carbons (Fsp3) is 0.278. The molecule has 9 heteroatoms. The molecule has 1 aromatic heterocycles. The fourth-order valence-electron chi connectivity index (χ4n) is 2.44. The zero-order valence-electron chi connectivity index (χ0n) is 14.9. The first-order valence-electron chi connectivity index (χ1n) is 8.07. The molecule has 1 heterocycles. The van der Waals surface area contributed by atoms with Gasteiger partial charge < -0.3 is 20.5 Å². The van der Waals surface area contributed by atoms with Crippen LogP contribution >= 0.6 is 11.3 Å². The smallest absolute Gasteiger partial charge is 0.324 e. The van der Waals surface area contributed by atoms with E-state index in [1.807, 2.05) is 6.07 Å². The molecular formula is C18H21N3O5S. The lowest BCUT2D eigenvalue weighted by atomic mass is 9.99. The predicted octanol–water partition coefficient (Wildman–Crippen LogP) is 3.00. The molecule has 2 aromatic rings. The Morgan fingerprint density at radius 2 is 1.81 bits per heavy atom. The van der Waals surface area contributed by atoms with Gasteiger partial charge in [0, 0.05) is 12.8 Å². The Bertz CT molecular complexity index is 808. The minimum Gasteiger partial charge on any atom is -0.481 e. The second kappa shape index (κ2) is 9.15. The van der Waals surface area contributed by atoms with E-state index in [0.717, 1.165) is 11.3 Å². The Morgan fingerprint density at radius 1 is 1.11 bits per heavy atom. The van der Waals surface area contributed by atoms with Gasteiger partial charge in [-0.2, -0.15) is 0 Å². The molecule has 0 saturated heterocycles. The summed E-state index contributed by atoms with van der Waals surface area (Å²) in [5.74, 6) is -1.47. The van der Waals surface area contributed by atoms with Crippen LogP contribution in [0, 0.1) is 0 Å². The molecule has 4 N–H and O–H groups in total. The molecule has 1 atom stereocenters. The first-order valence-corrected chi connectivity index (χ1v) is 8.89. The lowest BCUT2D eigenvalue weighted by molar-refractivity contribution is -0.139. The number of amides is 3. The first-order chi connectivity index (χ1) is 12.8. The summed E-state index contributed by atoms with van der Waals surface area (Å²) >= 11 is 1.09. The summed E-state index contributed by atoms with van der Waals surface area (Å²) in [4.78, 5) is 35.8. The van der Waals surface area contributed by atoms with Crippen LogP contribution in [-0.2, 0) is 9.53 Å². The highest BCUT2D eigenvalue weighted by Gasteiger charge is 2.30. The van der Waals surface area contributed by atoms with Crippen molar-refractivity contribution in [1.82, 2.24) is 5.32 Å². The first kappa shape index (κ1) is 20.4. The van der Waals surface area contributed by atoms with Gasteiger partial charge in [-0.3, -0.25) is 14.9 Å². The van der Waals surface area contributed by atoms with E-state index in [0.29, 0.717) is 15.6 Å². The number of thiophene rings is 1. The van der Waals surface area contributed by atoms with Crippen molar-refractivity contribution in [3.63, 3.8) is 0 Å². The number of hydrogen-bond donors (Lipinski definition) is 4. The van der Waals surface area contributed by atoms with Gasteiger partial charge in [0.2, 0.25) is 0 Å². The second-order valence-electron chi connectivity index (χ2n) is 6.13. The fourth-order valence-corrected chi connectivity index (χ4v) is 3.24. The highest BCUT2D eigenvalue weighted by atomic mass is 32.1. The van der Waals surface area contributed by atoms with Crippen LogP contribution in [0.2, 0.25) is 0 Å². The topological polar surface area (TPSA) is 117 Å². The number of para-hydroxylation sites is 1. The van der Waals surface area contributed by atoms with Crippen molar-refractivity contribution < 1.29 is 24.2 Å². The van der Waals surface area contributed by atoms with Crippen molar-refractivity contribution in [3.05, 3.63) is 47.3 Å². The summed E-state index contributed by atoms with van der Waals surface area (Å²) in [6.45, 7) is 1.66. The highest BCUT2D eigenvalue weighted by Crippen LogP contribution is 2.23. The number of anilines is 2. The van der Waals surface area contributed by atoms with E-state index >= 15 is 0 Å². The summed E-state index contributed by atoms with van der Waals surface area (Å²) in [7, 11) is 1.44. The average molecular weight is 391 g/mol. The SMILES string of the molecule is COCC(C)(CC(=O)O)NC(=O)c1ccc(NC(=O)Nc2ccccc2)s1. The molecule has 0 fully saturated rings. The molecule has 3 amide bonds. The van der Waals surface area contributed by atoms with Gasteiger partial charge in [-0.1, -0.05) is 18.2 Å². The van der Waals surface area contributed by atoms with Crippen molar-refractivity contribution >= 4 is 39.9 Å². The van der Waals surface area contributed by atoms with E-state index in [-0.39, 0.29) is 13.0 Å². The minimum absolute atomic E-state index is 0.0566. The van der Waals surface area contributed by atoms with Gasteiger partial charge in [-0.15, -0.1) is 11.3 Å². The number of urea groups is 1. The number of carboxylic acid groups (broad SMARTS) is 1. The molecular weight excluding hydrogens is 370 g/mol. The Balaban J connectivity index is 1.98. The van der Waals surface area contributed by atoms with Gasteiger partial charge in [-0.05, 0) is 31.2 Å². The molecule has 0 aliphatic carbocycles. The summed E-state index contributed by atoms with van der Waals surface area (Å²) in [6, 6.07) is 11.7. The number of rotatable bonds is 8. The number of hydrogen-bond acceptors (Lipinski definition) is 5. The lowest BCUT2D eigenvalue weighted by Crippen LogP contribution is -2.50. The molecule has 8 nitrogen and oxygen atoms in total. The van der Waals surface area contributed by atoms with E-state index in [1.165, 1.54) is 7.11 Å². The van der Waals surface area contributed by atoms with Crippen molar-refractivity contribution in [2.45, 2.75) is 18.9 Å². The Labute approximate surface area is 160 Å². The van der Waals surface area contributed by atoms with Crippen LogP contribution in [0.5, 0.6) is 0 Å². The zero-order valence-corrected chi connectivity index (χ0v) is 15.8. The Hall–Kier alpha value is -2.91. The summed E-state index contributed by atoms with van der Waals surface area (Å²) in [6.07, 6.45) is -0.275. The van der Waals surface area contributed by atoms with Crippen LogP contribution in [0.25, 0.3) is 0 Å². The number of aliphatic carboxylic acids is 1. The van der Waals surface area contributed by atoms with Crippen LogP contribution in [0.3, 0.4) is 0 Å². The molecule has 2 rings (SSSR count). The van der Waals surface area contributed by atoms with E-state index in [4.69, 9.17) is 9.84 Å². The molecule has 1 unspecified atom stereocenters. The maximum absolute atomic E-state index is 12.4. The van der Waals surface area contributed by atoms with Crippen LogP contribution in [-0.4, -0.2) is 42.3 Å². The molecule has 0 bridgehead atoms. The monoisotopic (exact) mass is 391 g/mol. The number of carbonyl (C=O) groups excluding carboxylic acids is 2. The number of methoxy groups -OCH3 is 1. The van der Waals surface area contributed by atoms with E-state index in [1.54, 1.807) is 43.3 Å². The van der Waals surface area contributed by atoms with Gasteiger partial charge in [0.15, 0.2) is 0 Å². The summed E-state index contributed by atoms with van der Waals surface area (Å²) in [5, 5.41) is 17.5. The van der Waals surface area contributed by atoms with Gasteiger partial charge in [0.25, 0.3) is 5.91 Å². The van der Waals surface area contributed by atoms with Crippen LogP contribution < -0.4 is 16.0 Å². The average Bonchev–Trinajstić information content (AvgIpc) is 3.03. The Morgan fingerprint density at radius 3 is 2.44 bits per heavy atom.